The average molecular weight is 830 g/mol. The summed E-state index contributed by atoms with van der Waals surface area (Å²) in [7, 11) is 0. The molecule has 5 fully saturated rings. The molecule has 3 atom stereocenters. The highest BCUT2D eigenvalue weighted by Gasteiger charge is 2.51. The number of piperidine rings is 3. The third kappa shape index (κ3) is 8.73. The number of ketones is 1. The van der Waals surface area contributed by atoms with Gasteiger partial charge in [0.1, 0.15) is 24.0 Å². The molecule has 5 aliphatic heterocycles. The Morgan fingerprint density at radius 1 is 1.02 bits per heavy atom. The highest BCUT2D eigenvalue weighted by Crippen LogP contribution is 2.40. The Labute approximate surface area is 346 Å². The Hall–Kier alpha value is -5.24. The first-order chi connectivity index (χ1) is 28.1. The van der Waals surface area contributed by atoms with Crippen molar-refractivity contribution in [3.05, 3.63) is 82.7 Å². The molecule has 12 nitrogen and oxygen atoms in total. The number of Topliss-reactive ketones (excluding diaryl/α,β-unsaturated/α-hetero) is 1. The second-order valence-electron chi connectivity index (χ2n) is 16.2. The summed E-state index contributed by atoms with van der Waals surface area (Å²) in [6.07, 6.45) is 0.607. The number of anilines is 2. The fourth-order valence-corrected chi connectivity index (χ4v) is 9.32. The van der Waals surface area contributed by atoms with Crippen LogP contribution >= 0.6 is 12.2 Å². The van der Waals surface area contributed by atoms with Crippen LogP contribution in [0.5, 0.6) is 5.75 Å². The number of benzene rings is 2. The van der Waals surface area contributed by atoms with Gasteiger partial charge in [0.05, 0.1) is 24.0 Å². The molecular formula is C43H46F3N7O5S. The monoisotopic (exact) mass is 829 g/mol. The molecule has 8 rings (SSSR count). The summed E-state index contributed by atoms with van der Waals surface area (Å²) in [6.45, 7) is 8.45. The van der Waals surface area contributed by atoms with Crippen molar-refractivity contribution in [2.45, 2.75) is 89.5 Å². The van der Waals surface area contributed by atoms with E-state index in [9.17, 15) is 37.6 Å². The number of hydrogen-bond donors (Lipinski definition) is 1. The molecule has 16 heteroatoms. The highest BCUT2D eigenvalue weighted by atomic mass is 32.1. The number of halogens is 3. The number of piperazine rings is 1. The van der Waals surface area contributed by atoms with Crippen LogP contribution in [0.15, 0.2) is 54.7 Å². The summed E-state index contributed by atoms with van der Waals surface area (Å²) < 4.78 is 47.6. The molecule has 5 aliphatic rings. The second-order valence-corrected chi connectivity index (χ2v) is 16.6. The fourth-order valence-electron chi connectivity index (χ4n) is 8.80. The minimum Gasteiger partial charge on any atom is -0.492 e. The van der Waals surface area contributed by atoms with E-state index >= 15 is 0 Å². The lowest BCUT2D eigenvalue weighted by atomic mass is 9.89. The molecule has 59 heavy (non-hydrogen) atoms. The van der Waals surface area contributed by atoms with Crippen LogP contribution in [0.2, 0.25) is 0 Å². The lowest BCUT2D eigenvalue weighted by molar-refractivity contribution is -0.138. The van der Waals surface area contributed by atoms with E-state index in [1.54, 1.807) is 24.8 Å². The molecule has 0 saturated carbocycles. The number of carbonyl (C=O) groups excluding carboxylic acids is 4. The van der Waals surface area contributed by atoms with Crippen LogP contribution in [-0.4, -0.2) is 93.8 Å². The van der Waals surface area contributed by atoms with Crippen LogP contribution in [0.3, 0.4) is 0 Å². The maximum atomic E-state index is 13.8. The number of nitrogens with zero attached hydrogens (tertiary/aromatic N) is 6. The van der Waals surface area contributed by atoms with Crippen molar-refractivity contribution in [3.63, 3.8) is 0 Å². The molecular weight excluding hydrogens is 784 g/mol. The molecule has 2 bridgehead atoms. The molecule has 1 unspecified atom stereocenters. The number of amides is 3. The van der Waals surface area contributed by atoms with Gasteiger partial charge in [0.25, 0.3) is 5.91 Å². The van der Waals surface area contributed by atoms with Crippen LogP contribution in [-0.2, 0) is 44.6 Å². The summed E-state index contributed by atoms with van der Waals surface area (Å²) in [5, 5.41) is 11.6. The van der Waals surface area contributed by atoms with Crippen molar-refractivity contribution in [2.24, 2.45) is 5.92 Å². The predicted molar refractivity (Wildman–Crippen MR) is 217 cm³/mol. The van der Waals surface area contributed by atoms with Crippen LogP contribution < -0.4 is 19.9 Å². The number of carbonyl (C=O) groups is 4. The largest absolute Gasteiger partial charge is 0.492 e. The van der Waals surface area contributed by atoms with Crippen molar-refractivity contribution in [1.29, 1.82) is 5.26 Å². The SMILES string of the molecule is CCc1cc(N2C(=S)N(c3cnc(C#N)c(C(F)(F)F)c3)C(=O)C2(C)C)ccc1OCCN1C[C@H]2CC[C@@H]1CN2CC(=O)Cc1cccc(CC2CCC(=O)NC2=O)c1. The number of nitrogens with one attached hydrogen (secondary N) is 1. The van der Waals surface area contributed by atoms with E-state index in [1.165, 1.54) is 6.07 Å². The molecule has 6 heterocycles. The Balaban J connectivity index is 0.932. The Bertz CT molecular complexity index is 2230. The number of rotatable bonds is 13. The van der Waals surface area contributed by atoms with Crippen molar-refractivity contribution in [1.82, 2.24) is 20.1 Å². The maximum absolute atomic E-state index is 13.8. The van der Waals surface area contributed by atoms with Gasteiger partial charge in [0, 0.05) is 56.2 Å². The first-order valence-electron chi connectivity index (χ1n) is 19.9. The van der Waals surface area contributed by atoms with Gasteiger partial charge in [-0.05, 0) is 99.1 Å². The predicted octanol–water partition coefficient (Wildman–Crippen LogP) is 5.39. The maximum Gasteiger partial charge on any atom is 0.419 e. The molecule has 3 aromatic rings. The molecule has 2 aromatic carbocycles. The van der Waals surface area contributed by atoms with Gasteiger partial charge in [0.2, 0.25) is 11.8 Å². The Morgan fingerprint density at radius 3 is 2.42 bits per heavy atom. The number of nitriles is 1. The number of fused-ring (bicyclic) bond motifs is 3. The van der Waals surface area contributed by atoms with Gasteiger partial charge in [-0.25, -0.2) is 4.98 Å². The smallest absolute Gasteiger partial charge is 0.419 e. The van der Waals surface area contributed by atoms with E-state index in [0.717, 1.165) is 59.8 Å². The molecule has 5 saturated heterocycles. The van der Waals surface area contributed by atoms with Gasteiger partial charge in [-0.3, -0.25) is 39.2 Å². The van der Waals surface area contributed by atoms with Gasteiger partial charge < -0.3 is 9.64 Å². The minimum absolute atomic E-state index is 0.0116. The first-order valence-corrected chi connectivity index (χ1v) is 20.3. The van der Waals surface area contributed by atoms with Gasteiger partial charge >= 0.3 is 6.18 Å². The lowest BCUT2D eigenvalue weighted by Gasteiger charge is -2.51. The van der Waals surface area contributed by atoms with E-state index in [1.807, 2.05) is 43.3 Å². The number of aryl methyl sites for hydroxylation is 1. The van der Waals surface area contributed by atoms with E-state index in [0.29, 0.717) is 69.3 Å². The first kappa shape index (κ1) is 41.9. The summed E-state index contributed by atoms with van der Waals surface area (Å²) in [5.74, 6) is -0.407. The van der Waals surface area contributed by atoms with Crippen LogP contribution in [0.4, 0.5) is 24.5 Å². The highest BCUT2D eigenvalue weighted by molar-refractivity contribution is 7.81. The van der Waals surface area contributed by atoms with Gasteiger partial charge in [-0.2, -0.15) is 18.4 Å². The quantitative estimate of drug-likeness (QED) is 0.176. The number of pyridine rings is 1. The lowest BCUT2D eigenvalue weighted by Crippen LogP contribution is -2.63. The zero-order valence-electron chi connectivity index (χ0n) is 33.2. The number of alkyl halides is 3. The van der Waals surface area contributed by atoms with Gasteiger partial charge in [-0.1, -0.05) is 31.2 Å². The molecule has 0 spiro atoms. The summed E-state index contributed by atoms with van der Waals surface area (Å²) >= 11 is 5.71. The number of hydrogen-bond acceptors (Lipinski definition) is 10. The van der Waals surface area contributed by atoms with Crippen LogP contribution in [0.1, 0.15) is 74.4 Å². The Kier molecular flexibility index (Phi) is 11.9. The third-order valence-electron chi connectivity index (χ3n) is 11.9. The number of ether oxygens (including phenoxy) is 1. The van der Waals surface area contributed by atoms with E-state index < -0.39 is 28.9 Å². The molecule has 0 aliphatic carbocycles. The van der Waals surface area contributed by atoms with Gasteiger partial charge in [0.15, 0.2) is 16.6 Å². The summed E-state index contributed by atoms with van der Waals surface area (Å²) in [6, 6.07) is 16.1. The summed E-state index contributed by atoms with van der Waals surface area (Å²) in [4.78, 5) is 61.8. The zero-order chi connectivity index (χ0) is 42.2. The summed E-state index contributed by atoms with van der Waals surface area (Å²) in [5.41, 5.74) is -0.0938. The minimum atomic E-state index is -4.85. The topological polar surface area (TPSA) is 139 Å². The Morgan fingerprint density at radius 2 is 1.75 bits per heavy atom. The fraction of sp³-hybridized carbons (Fsp3) is 0.465. The van der Waals surface area contributed by atoms with Crippen molar-refractivity contribution in [2.75, 3.05) is 42.6 Å². The van der Waals surface area contributed by atoms with E-state index in [-0.39, 0.29) is 40.4 Å². The molecule has 1 N–H and O–H groups in total. The van der Waals surface area contributed by atoms with Crippen molar-refractivity contribution < 1.29 is 37.1 Å². The molecule has 0 radical (unpaired) electrons. The molecule has 3 amide bonds. The average Bonchev–Trinajstić information content (AvgIpc) is 3.37. The van der Waals surface area contributed by atoms with Crippen LogP contribution in [0, 0.1) is 17.2 Å². The zero-order valence-corrected chi connectivity index (χ0v) is 34.0. The third-order valence-corrected chi connectivity index (χ3v) is 12.3. The van der Waals surface area contributed by atoms with E-state index in [4.69, 9.17) is 17.0 Å². The van der Waals surface area contributed by atoms with Crippen LogP contribution in [0.25, 0.3) is 0 Å². The van der Waals surface area contributed by atoms with Crippen molar-refractivity contribution >= 4 is 52.2 Å². The second kappa shape index (κ2) is 16.8. The normalized spacial score (nSPS) is 22.2. The van der Waals surface area contributed by atoms with E-state index in [2.05, 4.69) is 20.1 Å². The molecule has 1 aromatic heterocycles. The standard InChI is InChI=1S/C43H46F3N7O5S/c1-4-28-19-30(53-41(59)52(40(57)42(53,2)3)33-20-35(43(44,45)46)36(21-47)48-22-33)11-12-37(28)58-15-14-50-23-32-10-9-31(50)24-51(32)25-34(54)18-27-7-5-6-26(16-27)17-29-8-13-38(55)49-39(29)56/h5-7,11-12,16,19-20,22,29,31-32H,4,8-10,13-15,17-18,23-25H2,1-3H3,(H,49,55,56)/t29?,31-,32-/m1/s1. The van der Waals surface area contributed by atoms with Crippen molar-refractivity contribution in [3.8, 4) is 11.8 Å². The number of thiocarbonyl (C=S) groups is 1. The number of imide groups is 1. The molecule has 310 valence electrons. The number of aromatic nitrogens is 1. The van der Waals surface area contributed by atoms with Gasteiger partial charge in [-0.15, -0.1) is 0 Å².